The Morgan fingerprint density at radius 3 is 1.93 bits per heavy atom. The highest BCUT2D eigenvalue weighted by atomic mass is 31.2. The zero-order chi connectivity index (χ0) is 50.5. The number of aromatic amines is 1. The quantitative estimate of drug-likeness (QED) is 0.0542. The van der Waals surface area contributed by atoms with Gasteiger partial charge in [0.2, 0.25) is 11.9 Å². The first-order chi connectivity index (χ1) is 34.0. The van der Waals surface area contributed by atoms with Crippen LogP contribution in [-0.2, 0) is 65.2 Å². The molecule has 8 rings (SSSR count). The molecular formula is C39H52N12O18P2. The molecule has 0 aliphatic carbocycles. The summed E-state index contributed by atoms with van der Waals surface area (Å²) < 4.78 is 87.6. The zero-order valence-corrected chi connectivity index (χ0v) is 40.0. The van der Waals surface area contributed by atoms with Crippen molar-refractivity contribution < 1.29 is 80.2 Å². The molecule has 8 heterocycles. The van der Waals surface area contributed by atoms with E-state index in [4.69, 9.17) is 52.2 Å². The summed E-state index contributed by atoms with van der Waals surface area (Å²) in [6.45, 7) is 7.03. The lowest BCUT2D eigenvalue weighted by molar-refractivity contribution is -0.121. The van der Waals surface area contributed by atoms with E-state index in [1.807, 2.05) is 0 Å². The lowest BCUT2D eigenvalue weighted by Gasteiger charge is -2.29. The number of rotatable bonds is 18. The van der Waals surface area contributed by atoms with Gasteiger partial charge in [0.25, 0.3) is 11.5 Å². The number of anilines is 2. The van der Waals surface area contributed by atoms with Gasteiger partial charge in [-0.25, -0.2) is 29.6 Å². The topological polar surface area (TPSA) is 379 Å². The summed E-state index contributed by atoms with van der Waals surface area (Å²) in [7, 11) is -8.21. The number of urea groups is 1. The summed E-state index contributed by atoms with van der Waals surface area (Å²) in [6, 6.07) is -0.572. The van der Waals surface area contributed by atoms with Crippen LogP contribution in [-0.4, -0.2) is 195 Å². The summed E-state index contributed by atoms with van der Waals surface area (Å²) in [5, 5.41) is 28.3. The van der Waals surface area contributed by atoms with Crippen molar-refractivity contribution in [2.45, 2.75) is 55.5 Å². The van der Waals surface area contributed by atoms with Gasteiger partial charge in [0.1, 0.15) is 43.0 Å². The van der Waals surface area contributed by atoms with Crippen LogP contribution in [0.15, 0.2) is 48.2 Å². The van der Waals surface area contributed by atoms with Crippen molar-refractivity contribution in [2.24, 2.45) is 0 Å². The van der Waals surface area contributed by atoms with Crippen molar-refractivity contribution in [2.75, 3.05) is 97.0 Å². The Hall–Kier alpha value is -5.43. The van der Waals surface area contributed by atoms with E-state index in [2.05, 4.69) is 47.1 Å². The average molecular weight is 1040 g/mol. The molecule has 4 aliphatic heterocycles. The fourth-order valence-corrected chi connectivity index (χ4v) is 10.1. The number of fused-ring (bicyclic) bond motifs is 4. The highest BCUT2D eigenvalue weighted by molar-refractivity contribution is 7.53. The van der Waals surface area contributed by atoms with E-state index in [9.17, 15) is 38.5 Å². The van der Waals surface area contributed by atoms with Gasteiger partial charge in [0.15, 0.2) is 40.6 Å². The Balaban J connectivity index is 0.774. The molecular weight excluding hydrogens is 986 g/mol. The smallest absolute Gasteiger partial charge is 0.329 e. The van der Waals surface area contributed by atoms with Crippen LogP contribution in [0.3, 0.4) is 0 Å². The first kappa shape index (κ1) is 51.9. The van der Waals surface area contributed by atoms with Crippen molar-refractivity contribution in [3.05, 3.63) is 53.8 Å². The number of amides is 4. The molecule has 10 atom stereocenters. The summed E-state index contributed by atoms with van der Waals surface area (Å²) in [5.41, 5.74) is 5.55. The van der Waals surface area contributed by atoms with Gasteiger partial charge in [-0.1, -0.05) is 6.58 Å². The van der Waals surface area contributed by atoms with Gasteiger partial charge in [-0.05, 0) is 6.08 Å². The van der Waals surface area contributed by atoms with E-state index in [1.54, 1.807) is 0 Å². The molecule has 386 valence electrons. The molecule has 71 heavy (non-hydrogen) atoms. The molecule has 0 aromatic carbocycles. The molecule has 3 saturated heterocycles. The van der Waals surface area contributed by atoms with Crippen LogP contribution < -0.4 is 21.9 Å². The van der Waals surface area contributed by atoms with Crippen LogP contribution in [0.1, 0.15) is 18.9 Å². The fourth-order valence-electron chi connectivity index (χ4n) is 7.73. The number of aliphatic hydroxyl groups excluding tert-OH is 2. The number of aromatic nitrogens is 8. The minimum atomic E-state index is -4.11. The van der Waals surface area contributed by atoms with Gasteiger partial charge < -0.3 is 64.0 Å². The van der Waals surface area contributed by atoms with Crippen LogP contribution in [0.5, 0.6) is 0 Å². The van der Waals surface area contributed by atoms with Crippen LogP contribution in [0.4, 0.5) is 16.6 Å². The molecule has 0 spiro atoms. The fraction of sp³-hybridized carbons (Fsp3) is 0.564. The highest BCUT2D eigenvalue weighted by Gasteiger charge is 2.53. The maximum absolute atomic E-state index is 13.9. The van der Waals surface area contributed by atoms with Gasteiger partial charge >= 0.3 is 21.2 Å². The van der Waals surface area contributed by atoms with Gasteiger partial charge in [0, 0.05) is 31.6 Å². The number of allylic oxidation sites excluding steroid dienone is 1. The maximum atomic E-state index is 13.9. The second-order valence-electron chi connectivity index (χ2n) is 16.2. The normalized spacial score (nSPS) is 29.0. The van der Waals surface area contributed by atoms with E-state index in [1.165, 1.54) is 40.3 Å². The number of nitrogen functional groups attached to an aromatic ring is 1. The predicted octanol–water partition coefficient (Wildman–Crippen LogP) is -0.462. The molecule has 7 N–H and O–H groups in total. The predicted molar refractivity (Wildman–Crippen MR) is 241 cm³/mol. The van der Waals surface area contributed by atoms with Crippen LogP contribution >= 0.6 is 15.2 Å². The monoisotopic (exact) mass is 1040 g/mol. The number of nitrogens with zero attached hydrogens (tertiary/aromatic N) is 8. The number of imidazole rings is 2. The van der Waals surface area contributed by atoms with Gasteiger partial charge in [-0.15, -0.1) is 0 Å². The molecule has 30 nitrogen and oxygen atoms in total. The average Bonchev–Trinajstić information content (AvgIpc) is 4.14. The number of imide groups is 1. The number of carbonyl (C=O) groups is 3. The molecule has 0 radical (unpaired) electrons. The highest BCUT2D eigenvalue weighted by Crippen LogP contribution is 2.54. The Labute approximate surface area is 402 Å². The Kier molecular flexibility index (Phi) is 16.5. The minimum absolute atomic E-state index is 0.0227. The Bertz CT molecular complexity index is 2770. The number of hydrogen-bond acceptors (Lipinski definition) is 24. The molecule has 4 aromatic rings. The van der Waals surface area contributed by atoms with Crippen LogP contribution in [0.2, 0.25) is 0 Å². The second-order valence-corrected chi connectivity index (χ2v) is 20.2. The number of hydrogen-bond donors (Lipinski definition) is 6. The maximum Gasteiger partial charge on any atom is 0.329 e. The number of H-pyrrole nitrogens is 1. The molecule has 4 aromatic heterocycles. The molecule has 3 fully saturated rings. The molecule has 0 saturated carbocycles. The third-order valence-corrected chi connectivity index (χ3v) is 13.5. The van der Waals surface area contributed by atoms with Crippen molar-refractivity contribution >= 4 is 67.1 Å². The van der Waals surface area contributed by atoms with Gasteiger partial charge in [-0.3, -0.25) is 46.7 Å². The van der Waals surface area contributed by atoms with Crippen molar-refractivity contribution in [3.8, 4) is 0 Å². The SMILES string of the molecule is C=C1C=CC(=O)N1C(=O)NCCOCCOCCOCCOCCC(=O)Nc1ncnc2c1ncn2[C@@H]1O[C@@H]2COP(C)(=O)OC3[C@@H](COP(C)(=O)OC2[C@@H]1O)O[C@@H](n1cnc2c(=O)[nH]c(N)nc21)[C@H]3O. The van der Waals surface area contributed by atoms with Crippen molar-refractivity contribution in [1.82, 2.24) is 49.3 Å². The number of ether oxygens (including phenoxy) is 6. The first-order valence-corrected chi connectivity index (χ1v) is 26.0. The van der Waals surface area contributed by atoms with E-state index in [0.29, 0.717) is 25.5 Å². The lowest BCUT2D eigenvalue weighted by Crippen LogP contribution is -2.41. The van der Waals surface area contributed by atoms with Gasteiger partial charge in [-0.2, -0.15) is 4.98 Å². The van der Waals surface area contributed by atoms with E-state index >= 15 is 0 Å². The first-order valence-electron chi connectivity index (χ1n) is 22.0. The van der Waals surface area contributed by atoms with Crippen molar-refractivity contribution in [3.63, 3.8) is 0 Å². The standard InChI is InChI=1S/C39H52N12O18P2/c1-21-4-5-25(53)51(21)39(57)41-7-9-61-11-13-63-15-14-62-12-10-60-8-6-24(52)46-32-26-33(43-18-42-32)49(19-44-26)36-28(54)30-22(66-36)16-64-71(3,59)69-31-23(17-65-70(2,58)68-30)67-37(29(31)55)50-20-45-27-34(50)47-38(40)48-35(27)56/h4-5,18-20,22-23,28-31,36-37,54-55H,1,6-17H2,2-3H3,(H,41,57)(H3,40,47,48,56)(H,42,43,46,52)/t22-,23-,28+,29+,30?,31?,36-,37-,70?,71?/m1/s1. The lowest BCUT2D eigenvalue weighted by atomic mass is 10.1. The zero-order valence-electron chi connectivity index (χ0n) is 38.2. The summed E-state index contributed by atoms with van der Waals surface area (Å²) >= 11 is 0. The summed E-state index contributed by atoms with van der Waals surface area (Å²) in [5.74, 6) is -1.06. The summed E-state index contributed by atoms with van der Waals surface area (Å²) in [4.78, 5) is 73.2. The van der Waals surface area contributed by atoms with Crippen LogP contribution in [0.25, 0.3) is 22.3 Å². The molecule has 4 unspecified atom stereocenters. The van der Waals surface area contributed by atoms with E-state index in [-0.39, 0.29) is 80.1 Å². The number of aliphatic hydroxyl groups is 2. The minimum Gasteiger partial charge on any atom is -0.386 e. The summed E-state index contributed by atoms with van der Waals surface area (Å²) in [6.07, 6.45) is -4.71. The van der Waals surface area contributed by atoms with Gasteiger partial charge in [0.05, 0.1) is 85.1 Å². The third kappa shape index (κ3) is 12.3. The Morgan fingerprint density at radius 1 is 0.803 bits per heavy atom. The largest absolute Gasteiger partial charge is 0.386 e. The number of carbonyl (C=O) groups excluding carboxylic acids is 3. The number of nitrogens with two attached hydrogens (primary N) is 1. The number of nitrogens with one attached hydrogen (secondary N) is 3. The van der Waals surface area contributed by atoms with E-state index < -0.39 is 101 Å². The third-order valence-electron chi connectivity index (χ3n) is 11.0. The molecule has 32 heteroatoms. The second kappa shape index (κ2) is 22.6. The van der Waals surface area contributed by atoms with Crippen LogP contribution in [0, 0.1) is 0 Å². The van der Waals surface area contributed by atoms with E-state index in [0.717, 1.165) is 18.2 Å². The van der Waals surface area contributed by atoms with Crippen molar-refractivity contribution in [1.29, 1.82) is 0 Å². The molecule has 0 bridgehead atoms. The molecule has 4 amide bonds. The Morgan fingerprint density at radius 2 is 1.35 bits per heavy atom. The molecule has 4 aliphatic rings.